The van der Waals surface area contributed by atoms with Crippen LogP contribution < -0.4 is 5.56 Å². The zero-order chi connectivity index (χ0) is 11.4. The second-order valence-electron chi connectivity index (χ2n) is 3.66. The van der Waals surface area contributed by atoms with Crippen LogP contribution in [0.5, 0.6) is 0 Å². The Morgan fingerprint density at radius 2 is 2.06 bits per heavy atom. The molecule has 2 aromatic rings. The molecule has 2 rings (SSSR count). The third kappa shape index (κ3) is 2.32. The van der Waals surface area contributed by atoms with Crippen molar-refractivity contribution < 1.29 is 0 Å². The number of alkyl halides is 1. The van der Waals surface area contributed by atoms with E-state index in [9.17, 15) is 4.79 Å². The average Bonchev–Trinajstić information content (AvgIpc) is 2.33. The number of hydrogen-bond donors (Lipinski definition) is 0. The van der Waals surface area contributed by atoms with Crippen molar-refractivity contribution in [1.29, 1.82) is 0 Å². The van der Waals surface area contributed by atoms with Crippen LogP contribution in [0.15, 0.2) is 35.4 Å². The van der Waals surface area contributed by atoms with E-state index in [0.29, 0.717) is 5.39 Å². The number of fused-ring (bicyclic) bond motifs is 1. The van der Waals surface area contributed by atoms with E-state index in [1.54, 1.807) is 10.9 Å². The van der Waals surface area contributed by atoms with Crippen LogP contribution in [0.1, 0.15) is 12.8 Å². The minimum absolute atomic E-state index is 0.0557. The molecule has 0 fully saturated rings. The van der Waals surface area contributed by atoms with Gasteiger partial charge in [0.25, 0.3) is 5.56 Å². The molecule has 0 atom stereocenters. The quantitative estimate of drug-likeness (QED) is 0.637. The summed E-state index contributed by atoms with van der Waals surface area (Å²) in [5, 5.41) is 1.67. The van der Waals surface area contributed by atoms with E-state index >= 15 is 0 Å². The van der Waals surface area contributed by atoms with Crippen LogP contribution in [0.4, 0.5) is 0 Å². The van der Waals surface area contributed by atoms with Gasteiger partial charge >= 0.3 is 0 Å². The second kappa shape index (κ2) is 5.25. The summed E-state index contributed by atoms with van der Waals surface area (Å²) in [4.78, 5) is 16.3. The lowest BCUT2D eigenvalue weighted by Crippen LogP contribution is -2.20. The van der Waals surface area contributed by atoms with Crippen LogP contribution >= 0.6 is 15.9 Å². The first-order valence-corrected chi connectivity index (χ1v) is 6.45. The van der Waals surface area contributed by atoms with E-state index in [1.807, 2.05) is 24.3 Å². The number of halogens is 1. The molecule has 1 aromatic carbocycles. The molecule has 0 unspecified atom stereocenters. The molecular weight excluding hydrogens is 268 g/mol. The molecule has 1 aromatic heterocycles. The van der Waals surface area contributed by atoms with Gasteiger partial charge < -0.3 is 0 Å². The number of benzene rings is 1. The standard InChI is InChI=1S/C12H13BrN2O/c13-7-3-4-8-15-9-14-11-6-2-1-5-10(11)12(15)16/h1-2,5-6,9H,3-4,7-8H2. The normalized spacial score (nSPS) is 10.8. The van der Waals surface area contributed by atoms with Crippen LogP contribution in [0, 0.1) is 0 Å². The summed E-state index contributed by atoms with van der Waals surface area (Å²) in [6.07, 6.45) is 3.70. The molecule has 0 aliphatic carbocycles. The van der Waals surface area contributed by atoms with Crippen LogP contribution in [0.25, 0.3) is 10.9 Å². The van der Waals surface area contributed by atoms with Crippen molar-refractivity contribution in [2.75, 3.05) is 5.33 Å². The minimum atomic E-state index is 0.0557. The highest BCUT2D eigenvalue weighted by molar-refractivity contribution is 9.09. The van der Waals surface area contributed by atoms with Crippen molar-refractivity contribution in [2.45, 2.75) is 19.4 Å². The predicted molar refractivity (Wildman–Crippen MR) is 69.0 cm³/mol. The Morgan fingerprint density at radius 3 is 2.88 bits per heavy atom. The lowest BCUT2D eigenvalue weighted by atomic mass is 10.2. The van der Waals surface area contributed by atoms with Crippen molar-refractivity contribution in [1.82, 2.24) is 9.55 Å². The summed E-state index contributed by atoms with van der Waals surface area (Å²) in [7, 11) is 0. The molecule has 0 amide bonds. The summed E-state index contributed by atoms with van der Waals surface area (Å²) < 4.78 is 1.69. The van der Waals surface area contributed by atoms with E-state index in [-0.39, 0.29) is 5.56 Å². The van der Waals surface area contributed by atoms with E-state index in [1.165, 1.54) is 0 Å². The number of rotatable bonds is 4. The van der Waals surface area contributed by atoms with Crippen LogP contribution in [-0.2, 0) is 6.54 Å². The van der Waals surface area contributed by atoms with Gasteiger partial charge in [-0.2, -0.15) is 0 Å². The zero-order valence-corrected chi connectivity index (χ0v) is 10.5. The molecule has 4 heteroatoms. The molecule has 1 heterocycles. The van der Waals surface area contributed by atoms with Crippen molar-refractivity contribution in [3.63, 3.8) is 0 Å². The number of aryl methyl sites for hydroxylation is 1. The molecule has 0 aliphatic heterocycles. The molecule has 0 aliphatic rings. The van der Waals surface area contributed by atoms with Gasteiger partial charge in [0.05, 0.1) is 17.2 Å². The highest BCUT2D eigenvalue weighted by Crippen LogP contribution is 2.05. The average molecular weight is 281 g/mol. The zero-order valence-electron chi connectivity index (χ0n) is 8.90. The number of para-hydroxylation sites is 1. The summed E-state index contributed by atoms with van der Waals surface area (Å²) in [5.74, 6) is 0. The third-order valence-electron chi connectivity index (χ3n) is 2.51. The summed E-state index contributed by atoms with van der Waals surface area (Å²) in [5.41, 5.74) is 0.824. The van der Waals surface area contributed by atoms with Gasteiger partial charge in [0.15, 0.2) is 0 Å². The lowest BCUT2D eigenvalue weighted by Gasteiger charge is -2.05. The molecule has 0 spiro atoms. The topological polar surface area (TPSA) is 34.9 Å². The number of nitrogens with zero attached hydrogens (tertiary/aromatic N) is 2. The Hall–Kier alpha value is -1.16. The van der Waals surface area contributed by atoms with E-state index < -0.39 is 0 Å². The highest BCUT2D eigenvalue weighted by Gasteiger charge is 2.02. The Bertz CT molecular complexity index is 536. The molecule has 0 saturated carbocycles. The first-order valence-electron chi connectivity index (χ1n) is 5.33. The molecule has 0 N–H and O–H groups in total. The van der Waals surface area contributed by atoms with Crippen LogP contribution in [-0.4, -0.2) is 14.9 Å². The van der Waals surface area contributed by atoms with E-state index in [4.69, 9.17) is 0 Å². The molecular formula is C12H13BrN2O. The number of unbranched alkanes of at least 4 members (excludes halogenated alkanes) is 1. The van der Waals surface area contributed by atoms with Gasteiger partial charge in [0, 0.05) is 11.9 Å². The molecule has 0 radical (unpaired) electrons. The largest absolute Gasteiger partial charge is 0.299 e. The van der Waals surface area contributed by atoms with Crippen LogP contribution in [0.3, 0.4) is 0 Å². The first kappa shape index (κ1) is 11.3. The Labute approximate surface area is 102 Å². The maximum Gasteiger partial charge on any atom is 0.261 e. The minimum Gasteiger partial charge on any atom is -0.299 e. The monoisotopic (exact) mass is 280 g/mol. The smallest absolute Gasteiger partial charge is 0.261 e. The Kier molecular flexibility index (Phi) is 3.72. The number of hydrogen-bond acceptors (Lipinski definition) is 2. The van der Waals surface area contributed by atoms with Gasteiger partial charge in [0.1, 0.15) is 0 Å². The lowest BCUT2D eigenvalue weighted by molar-refractivity contribution is 0.612. The van der Waals surface area contributed by atoms with E-state index in [2.05, 4.69) is 20.9 Å². The summed E-state index contributed by atoms with van der Waals surface area (Å²) in [6, 6.07) is 7.45. The third-order valence-corrected chi connectivity index (χ3v) is 3.07. The van der Waals surface area contributed by atoms with E-state index in [0.717, 1.165) is 30.2 Å². The second-order valence-corrected chi connectivity index (χ2v) is 4.45. The molecule has 0 saturated heterocycles. The van der Waals surface area contributed by atoms with Crippen molar-refractivity contribution in [2.24, 2.45) is 0 Å². The van der Waals surface area contributed by atoms with Gasteiger partial charge in [-0.15, -0.1) is 0 Å². The van der Waals surface area contributed by atoms with Gasteiger partial charge in [-0.25, -0.2) is 4.98 Å². The summed E-state index contributed by atoms with van der Waals surface area (Å²) >= 11 is 3.38. The highest BCUT2D eigenvalue weighted by atomic mass is 79.9. The van der Waals surface area contributed by atoms with Gasteiger partial charge in [-0.05, 0) is 25.0 Å². The van der Waals surface area contributed by atoms with Crippen molar-refractivity contribution in [3.05, 3.63) is 40.9 Å². The molecule has 3 nitrogen and oxygen atoms in total. The fraction of sp³-hybridized carbons (Fsp3) is 0.333. The summed E-state index contributed by atoms with van der Waals surface area (Å²) in [6.45, 7) is 0.738. The van der Waals surface area contributed by atoms with Gasteiger partial charge in [-0.1, -0.05) is 28.1 Å². The maximum absolute atomic E-state index is 12.0. The molecule has 16 heavy (non-hydrogen) atoms. The van der Waals surface area contributed by atoms with Crippen molar-refractivity contribution in [3.8, 4) is 0 Å². The predicted octanol–water partition coefficient (Wildman–Crippen LogP) is 2.57. The first-order chi connectivity index (χ1) is 7.83. The number of aromatic nitrogens is 2. The molecule has 84 valence electrons. The maximum atomic E-state index is 12.0. The fourth-order valence-corrected chi connectivity index (χ4v) is 2.04. The Balaban J connectivity index is 2.33. The fourth-order valence-electron chi connectivity index (χ4n) is 1.64. The van der Waals surface area contributed by atoms with Crippen LogP contribution in [0.2, 0.25) is 0 Å². The SMILES string of the molecule is O=c1c2ccccc2ncn1CCCCBr. The van der Waals surface area contributed by atoms with Crippen molar-refractivity contribution >= 4 is 26.8 Å². The molecule has 0 bridgehead atoms. The van der Waals surface area contributed by atoms with Gasteiger partial charge in [-0.3, -0.25) is 9.36 Å². The Morgan fingerprint density at radius 1 is 1.25 bits per heavy atom. The van der Waals surface area contributed by atoms with Gasteiger partial charge in [0.2, 0.25) is 0 Å².